The first-order chi connectivity index (χ1) is 9.65. The van der Waals surface area contributed by atoms with E-state index in [0.29, 0.717) is 0 Å². The maximum atomic E-state index is 4.28. The molecule has 0 aliphatic carbocycles. The number of aromatic nitrogens is 2. The molecule has 0 saturated heterocycles. The van der Waals surface area contributed by atoms with Crippen molar-refractivity contribution >= 4 is 15.9 Å². The first kappa shape index (κ1) is 13.1. The fourth-order valence-corrected chi connectivity index (χ4v) is 2.84. The number of aromatic amines is 1. The van der Waals surface area contributed by atoms with E-state index < -0.39 is 0 Å². The molecule has 2 aromatic carbocycles. The fraction of sp³-hybridized carbons (Fsp3) is 0.118. The summed E-state index contributed by atoms with van der Waals surface area (Å²) >= 11 is 3.67. The van der Waals surface area contributed by atoms with Gasteiger partial charge in [0, 0.05) is 22.4 Å². The lowest BCUT2D eigenvalue weighted by Gasteiger charge is -2.09. The predicted octanol–water partition coefficient (Wildman–Crippen LogP) is 5.12. The fourth-order valence-electron chi connectivity index (χ4n) is 2.23. The van der Waals surface area contributed by atoms with Crippen molar-refractivity contribution in [2.45, 2.75) is 13.8 Å². The van der Waals surface area contributed by atoms with Gasteiger partial charge in [-0.1, -0.05) is 46.3 Å². The van der Waals surface area contributed by atoms with Crippen molar-refractivity contribution < 1.29 is 0 Å². The van der Waals surface area contributed by atoms with E-state index in [2.05, 4.69) is 76.1 Å². The second kappa shape index (κ2) is 5.25. The number of nitrogens with one attached hydrogen (secondary N) is 1. The van der Waals surface area contributed by atoms with Gasteiger partial charge in [-0.25, -0.2) is 4.98 Å². The van der Waals surface area contributed by atoms with Crippen LogP contribution < -0.4 is 0 Å². The largest absolute Gasteiger partial charge is 0.345 e. The van der Waals surface area contributed by atoms with Crippen molar-refractivity contribution in [3.8, 4) is 22.5 Å². The van der Waals surface area contributed by atoms with Crippen LogP contribution in [0, 0.1) is 13.8 Å². The van der Waals surface area contributed by atoms with E-state index >= 15 is 0 Å². The molecular formula is C17H15BrN2. The van der Waals surface area contributed by atoms with Gasteiger partial charge in [-0.2, -0.15) is 0 Å². The Balaban J connectivity index is 2.05. The summed E-state index contributed by atoms with van der Waals surface area (Å²) in [6, 6.07) is 12.9. The molecule has 0 aliphatic heterocycles. The quantitative estimate of drug-likeness (QED) is 0.695. The summed E-state index contributed by atoms with van der Waals surface area (Å²) in [5.41, 5.74) is 6.13. The molecule has 3 aromatic rings. The minimum Gasteiger partial charge on any atom is -0.345 e. The molecule has 0 spiro atoms. The highest BCUT2D eigenvalue weighted by Gasteiger charge is 2.07. The molecule has 20 heavy (non-hydrogen) atoms. The van der Waals surface area contributed by atoms with Crippen molar-refractivity contribution in [1.29, 1.82) is 0 Å². The van der Waals surface area contributed by atoms with E-state index in [0.717, 1.165) is 15.9 Å². The third-order valence-electron chi connectivity index (χ3n) is 3.56. The monoisotopic (exact) mass is 326 g/mol. The summed E-state index contributed by atoms with van der Waals surface area (Å²) in [7, 11) is 0. The van der Waals surface area contributed by atoms with E-state index in [-0.39, 0.29) is 0 Å². The molecule has 0 bridgehead atoms. The second-order valence-electron chi connectivity index (χ2n) is 4.93. The Bertz CT molecular complexity index is 746. The first-order valence-corrected chi connectivity index (χ1v) is 7.31. The number of benzene rings is 2. The molecule has 0 atom stereocenters. The molecule has 0 unspecified atom stereocenters. The number of imidazole rings is 1. The van der Waals surface area contributed by atoms with Crippen LogP contribution in [-0.4, -0.2) is 9.97 Å². The molecule has 1 aromatic heterocycles. The zero-order valence-electron chi connectivity index (χ0n) is 11.4. The van der Waals surface area contributed by atoms with Gasteiger partial charge >= 0.3 is 0 Å². The van der Waals surface area contributed by atoms with Gasteiger partial charge in [0.05, 0.1) is 0 Å². The minimum atomic E-state index is 0.886. The summed E-state index contributed by atoms with van der Waals surface area (Å²) in [5, 5.41) is 0. The highest BCUT2D eigenvalue weighted by Crippen LogP contribution is 2.32. The SMILES string of the molecule is Cc1ccc(-c2ccc(-c3ncc[nH]3)cc2Br)cc1C. The van der Waals surface area contributed by atoms with Gasteiger partial charge in [-0.05, 0) is 42.2 Å². The van der Waals surface area contributed by atoms with Gasteiger partial charge in [-0.3, -0.25) is 0 Å². The second-order valence-corrected chi connectivity index (χ2v) is 5.79. The molecule has 2 nitrogen and oxygen atoms in total. The zero-order valence-corrected chi connectivity index (χ0v) is 13.0. The van der Waals surface area contributed by atoms with Crippen molar-refractivity contribution in [1.82, 2.24) is 9.97 Å². The Hall–Kier alpha value is -1.87. The highest BCUT2D eigenvalue weighted by molar-refractivity contribution is 9.10. The number of hydrogen-bond acceptors (Lipinski definition) is 1. The van der Waals surface area contributed by atoms with Crippen LogP contribution in [0.4, 0.5) is 0 Å². The van der Waals surface area contributed by atoms with Crippen molar-refractivity contribution in [3.63, 3.8) is 0 Å². The first-order valence-electron chi connectivity index (χ1n) is 6.52. The van der Waals surface area contributed by atoms with E-state index in [4.69, 9.17) is 0 Å². The lowest BCUT2D eigenvalue weighted by molar-refractivity contribution is 1.31. The molecule has 0 fully saturated rings. The standard InChI is InChI=1S/C17H15BrN2/c1-11-3-4-13(9-12(11)2)15-6-5-14(10-16(15)18)17-19-7-8-20-17/h3-10H,1-2H3,(H,19,20). The van der Waals surface area contributed by atoms with Crippen LogP contribution in [0.15, 0.2) is 53.3 Å². The molecule has 0 amide bonds. The number of halogens is 1. The Labute approximate surface area is 127 Å². The number of hydrogen-bond donors (Lipinski definition) is 1. The number of rotatable bonds is 2. The van der Waals surface area contributed by atoms with Crippen LogP contribution in [-0.2, 0) is 0 Å². The van der Waals surface area contributed by atoms with E-state index in [1.165, 1.54) is 22.3 Å². The van der Waals surface area contributed by atoms with Crippen molar-refractivity contribution in [3.05, 3.63) is 64.4 Å². The molecule has 100 valence electrons. The average Bonchev–Trinajstić information content (AvgIpc) is 2.96. The van der Waals surface area contributed by atoms with Gasteiger partial charge in [0.2, 0.25) is 0 Å². The van der Waals surface area contributed by atoms with Gasteiger partial charge in [0.25, 0.3) is 0 Å². The van der Waals surface area contributed by atoms with Gasteiger partial charge in [0.15, 0.2) is 0 Å². The maximum absolute atomic E-state index is 4.28. The van der Waals surface area contributed by atoms with Crippen LogP contribution in [0.25, 0.3) is 22.5 Å². The predicted molar refractivity (Wildman–Crippen MR) is 86.6 cm³/mol. The molecule has 3 rings (SSSR count). The van der Waals surface area contributed by atoms with E-state index in [1.807, 2.05) is 6.20 Å². The minimum absolute atomic E-state index is 0.886. The average molecular weight is 327 g/mol. The molecule has 0 saturated carbocycles. The van der Waals surface area contributed by atoms with Crippen molar-refractivity contribution in [2.75, 3.05) is 0 Å². The Morgan fingerprint density at radius 2 is 1.75 bits per heavy atom. The number of nitrogens with zero attached hydrogens (tertiary/aromatic N) is 1. The molecule has 3 heteroatoms. The van der Waals surface area contributed by atoms with E-state index in [9.17, 15) is 0 Å². The lowest BCUT2D eigenvalue weighted by Crippen LogP contribution is -1.87. The van der Waals surface area contributed by atoms with Gasteiger partial charge in [-0.15, -0.1) is 0 Å². The zero-order chi connectivity index (χ0) is 14.1. The molecule has 1 heterocycles. The third-order valence-corrected chi connectivity index (χ3v) is 4.21. The topological polar surface area (TPSA) is 28.7 Å². The van der Waals surface area contributed by atoms with Crippen LogP contribution in [0.5, 0.6) is 0 Å². The lowest BCUT2D eigenvalue weighted by atomic mass is 9.99. The van der Waals surface area contributed by atoms with Crippen LogP contribution in [0.3, 0.4) is 0 Å². The van der Waals surface area contributed by atoms with Crippen LogP contribution in [0.2, 0.25) is 0 Å². The van der Waals surface area contributed by atoms with Crippen molar-refractivity contribution in [2.24, 2.45) is 0 Å². The normalized spacial score (nSPS) is 10.8. The molecular weight excluding hydrogens is 312 g/mol. The maximum Gasteiger partial charge on any atom is 0.137 e. The number of H-pyrrole nitrogens is 1. The molecule has 0 radical (unpaired) electrons. The Morgan fingerprint density at radius 3 is 2.40 bits per heavy atom. The summed E-state index contributed by atoms with van der Waals surface area (Å²) in [4.78, 5) is 7.40. The Kier molecular flexibility index (Phi) is 3.45. The van der Waals surface area contributed by atoms with E-state index in [1.54, 1.807) is 6.20 Å². The summed E-state index contributed by atoms with van der Waals surface area (Å²) < 4.78 is 1.08. The number of aryl methyl sites for hydroxylation is 2. The molecule has 1 N–H and O–H groups in total. The van der Waals surface area contributed by atoms with Crippen LogP contribution in [0.1, 0.15) is 11.1 Å². The van der Waals surface area contributed by atoms with Gasteiger partial charge < -0.3 is 4.98 Å². The van der Waals surface area contributed by atoms with Crippen LogP contribution >= 0.6 is 15.9 Å². The summed E-state index contributed by atoms with van der Waals surface area (Å²) in [6.45, 7) is 4.28. The highest BCUT2D eigenvalue weighted by atomic mass is 79.9. The summed E-state index contributed by atoms with van der Waals surface area (Å²) in [6.07, 6.45) is 3.60. The third kappa shape index (κ3) is 2.41. The molecule has 0 aliphatic rings. The smallest absolute Gasteiger partial charge is 0.137 e. The van der Waals surface area contributed by atoms with Gasteiger partial charge in [0.1, 0.15) is 5.82 Å². The summed E-state index contributed by atoms with van der Waals surface area (Å²) in [5.74, 6) is 0.886. The Morgan fingerprint density at radius 1 is 0.950 bits per heavy atom.